The Bertz CT molecular complexity index is 367. The number of hydrogen-bond donors (Lipinski definition) is 2. The van der Waals surface area contributed by atoms with Crippen molar-refractivity contribution in [2.24, 2.45) is 0 Å². The van der Waals surface area contributed by atoms with Crippen molar-refractivity contribution in [2.75, 3.05) is 5.32 Å². The fourth-order valence-electron chi connectivity index (χ4n) is 2.24. The van der Waals surface area contributed by atoms with Gasteiger partial charge >= 0.3 is 0 Å². The lowest BCUT2D eigenvalue weighted by atomic mass is 9.92. The molecule has 1 aromatic carbocycles. The highest BCUT2D eigenvalue weighted by atomic mass is 79.9. The molecule has 0 aliphatic heterocycles. The third-order valence-corrected chi connectivity index (χ3v) is 4.20. The zero-order chi connectivity index (χ0) is 11.5. The molecule has 1 aliphatic carbocycles. The molecule has 0 aromatic heterocycles. The minimum absolute atomic E-state index is 0.202. The fraction of sp³-hybridized carbons (Fsp3) is 0.538. The van der Waals surface area contributed by atoms with Crippen molar-refractivity contribution < 1.29 is 5.11 Å². The Morgan fingerprint density at radius 3 is 2.81 bits per heavy atom. The van der Waals surface area contributed by atoms with Crippen LogP contribution in [0, 0.1) is 6.92 Å². The van der Waals surface area contributed by atoms with Gasteiger partial charge in [0.25, 0.3) is 0 Å². The van der Waals surface area contributed by atoms with E-state index in [1.165, 1.54) is 12.0 Å². The molecule has 88 valence electrons. The molecule has 1 fully saturated rings. The van der Waals surface area contributed by atoms with E-state index < -0.39 is 0 Å². The maximum Gasteiger partial charge on any atom is 0.0741 e. The number of benzene rings is 1. The molecule has 0 heterocycles. The Hall–Kier alpha value is -0.540. The molecule has 2 atom stereocenters. The molecule has 0 saturated heterocycles. The molecule has 3 heteroatoms. The maximum absolute atomic E-state index is 9.92. The van der Waals surface area contributed by atoms with Gasteiger partial charge in [0.05, 0.1) is 12.1 Å². The molecule has 0 bridgehead atoms. The van der Waals surface area contributed by atoms with Crippen molar-refractivity contribution in [2.45, 2.75) is 44.8 Å². The Kier molecular flexibility index (Phi) is 3.87. The Labute approximate surface area is 105 Å². The summed E-state index contributed by atoms with van der Waals surface area (Å²) >= 11 is 3.52. The smallest absolute Gasteiger partial charge is 0.0741 e. The molecule has 0 spiro atoms. The van der Waals surface area contributed by atoms with E-state index in [1.54, 1.807) is 0 Å². The second kappa shape index (κ2) is 5.19. The highest BCUT2D eigenvalue weighted by Gasteiger charge is 2.23. The van der Waals surface area contributed by atoms with E-state index in [2.05, 4.69) is 34.2 Å². The maximum atomic E-state index is 9.92. The molecule has 2 rings (SSSR count). The third kappa shape index (κ3) is 2.58. The second-order valence-electron chi connectivity index (χ2n) is 4.52. The Morgan fingerprint density at radius 1 is 1.31 bits per heavy atom. The second-order valence-corrected chi connectivity index (χ2v) is 5.37. The van der Waals surface area contributed by atoms with Crippen molar-refractivity contribution in [1.82, 2.24) is 0 Å². The Balaban J connectivity index is 2.10. The number of hydrogen-bond acceptors (Lipinski definition) is 2. The topological polar surface area (TPSA) is 32.3 Å². The first kappa shape index (κ1) is 11.9. The largest absolute Gasteiger partial charge is 0.391 e. The number of aliphatic hydroxyl groups is 1. The van der Waals surface area contributed by atoms with Crippen LogP contribution in [0.1, 0.15) is 31.2 Å². The molecular formula is C13H18BrNO. The van der Waals surface area contributed by atoms with Crippen LogP contribution in [-0.4, -0.2) is 17.3 Å². The van der Waals surface area contributed by atoms with E-state index in [9.17, 15) is 5.11 Å². The summed E-state index contributed by atoms with van der Waals surface area (Å²) in [5, 5.41) is 13.4. The molecule has 1 saturated carbocycles. The lowest BCUT2D eigenvalue weighted by molar-refractivity contribution is 0.116. The van der Waals surface area contributed by atoms with E-state index in [0.717, 1.165) is 29.4 Å². The third-order valence-electron chi connectivity index (χ3n) is 3.34. The summed E-state index contributed by atoms with van der Waals surface area (Å²) in [6.07, 6.45) is 4.14. The number of rotatable bonds is 2. The van der Waals surface area contributed by atoms with E-state index in [1.807, 2.05) is 12.1 Å². The van der Waals surface area contributed by atoms with Crippen LogP contribution in [0.4, 0.5) is 5.69 Å². The number of anilines is 1. The average molecular weight is 284 g/mol. The van der Waals surface area contributed by atoms with Crippen LogP contribution in [-0.2, 0) is 0 Å². The number of halogens is 1. The van der Waals surface area contributed by atoms with E-state index in [0.29, 0.717) is 0 Å². The van der Waals surface area contributed by atoms with Gasteiger partial charge in [-0.1, -0.05) is 34.8 Å². The van der Waals surface area contributed by atoms with Crippen LogP contribution in [0.2, 0.25) is 0 Å². The van der Waals surface area contributed by atoms with Gasteiger partial charge in [-0.05, 0) is 37.5 Å². The first-order chi connectivity index (χ1) is 7.68. The highest BCUT2D eigenvalue weighted by Crippen LogP contribution is 2.27. The van der Waals surface area contributed by atoms with Gasteiger partial charge in [0.1, 0.15) is 0 Å². The summed E-state index contributed by atoms with van der Waals surface area (Å²) in [6, 6.07) is 6.34. The molecular weight excluding hydrogens is 266 g/mol. The molecule has 2 nitrogen and oxygen atoms in total. The van der Waals surface area contributed by atoms with Crippen molar-refractivity contribution in [3.05, 3.63) is 28.2 Å². The molecule has 0 amide bonds. The van der Waals surface area contributed by atoms with Crippen molar-refractivity contribution in [3.63, 3.8) is 0 Å². The summed E-state index contributed by atoms with van der Waals surface area (Å²) in [7, 11) is 0. The summed E-state index contributed by atoms with van der Waals surface area (Å²) < 4.78 is 1.11. The zero-order valence-corrected chi connectivity index (χ0v) is 11.1. The van der Waals surface area contributed by atoms with Crippen LogP contribution in [0.15, 0.2) is 22.7 Å². The Morgan fingerprint density at radius 2 is 2.06 bits per heavy atom. The SMILES string of the molecule is Cc1c(Br)cccc1N[C@H]1CCCC[C@@H]1O. The van der Waals surface area contributed by atoms with Crippen molar-refractivity contribution in [3.8, 4) is 0 Å². The van der Waals surface area contributed by atoms with Gasteiger partial charge in [0.2, 0.25) is 0 Å². The van der Waals surface area contributed by atoms with Gasteiger partial charge < -0.3 is 10.4 Å². The first-order valence-electron chi connectivity index (χ1n) is 5.88. The van der Waals surface area contributed by atoms with Crippen LogP contribution in [0.5, 0.6) is 0 Å². The van der Waals surface area contributed by atoms with Gasteiger partial charge in [0.15, 0.2) is 0 Å². The van der Waals surface area contributed by atoms with Crippen LogP contribution >= 0.6 is 15.9 Å². The monoisotopic (exact) mass is 283 g/mol. The van der Waals surface area contributed by atoms with E-state index >= 15 is 0 Å². The lowest BCUT2D eigenvalue weighted by Gasteiger charge is -2.29. The molecule has 0 radical (unpaired) electrons. The van der Waals surface area contributed by atoms with Gasteiger partial charge in [-0.25, -0.2) is 0 Å². The van der Waals surface area contributed by atoms with Crippen LogP contribution in [0.3, 0.4) is 0 Å². The number of aliphatic hydroxyl groups excluding tert-OH is 1. The lowest BCUT2D eigenvalue weighted by Crippen LogP contribution is -2.36. The predicted molar refractivity (Wildman–Crippen MR) is 70.8 cm³/mol. The van der Waals surface area contributed by atoms with Gasteiger partial charge in [0, 0.05) is 10.2 Å². The minimum atomic E-state index is -0.202. The minimum Gasteiger partial charge on any atom is -0.391 e. The summed E-state index contributed by atoms with van der Waals surface area (Å²) in [5.74, 6) is 0. The quantitative estimate of drug-likeness (QED) is 0.871. The van der Waals surface area contributed by atoms with Crippen LogP contribution in [0.25, 0.3) is 0 Å². The molecule has 2 N–H and O–H groups in total. The number of nitrogens with one attached hydrogen (secondary N) is 1. The van der Waals surface area contributed by atoms with E-state index in [4.69, 9.17) is 0 Å². The first-order valence-corrected chi connectivity index (χ1v) is 6.67. The summed E-state index contributed by atoms with van der Waals surface area (Å²) in [4.78, 5) is 0. The highest BCUT2D eigenvalue weighted by molar-refractivity contribution is 9.10. The van der Waals surface area contributed by atoms with Gasteiger partial charge in [-0.15, -0.1) is 0 Å². The average Bonchev–Trinajstić information content (AvgIpc) is 2.28. The summed E-state index contributed by atoms with van der Waals surface area (Å²) in [5.41, 5.74) is 2.33. The van der Waals surface area contributed by atoms with Crippen molar-refractivity contribution in [1.29, 1.82) is 0 Å². The standard InChI is InChI=1S/C13H18BrNO/c1-9-10(14)5-4-7-11(9)15-12-6-2-3-8-13(12)16/h4-5,7,12-13,15-16H,2-3,6,8H2,1H3/t12-,13-/m0/s1. The van der Waals surface area contributed by atoms with Gasteiger partial charge in [-0.2, -0.15) is 0 Å². The van der Waals surface area contributed by atoms with E-state index in [-0.39, 0.29) is 12.1 Å². The molecule has 1 aliphatic rings. The predicted octanol–water partition coefficient (Wildman–Crippen LogP) is 3.47. The molecule has 1 aromatic rings. The molecule has 16 heavy (non-hydrogen) atoms. The van der Waals surface area contributed by atoms with Crippen LogP contribution < -0.4 is 5.32 Å². The summed E-state index contributed by atoms with van der Waals surface area (Å²) in [6.45, 7) is 2.08. The normalized spacial score (nSPS) is 25.4. The zero-order valence-electron chi connectivity index (χ0n) is 9.54. The van der Waals surface area contributed by atoms with Crippen molar-refractivity contribution >= 4 is 21.6 Å². The van der Waals surface area contributed by atoms with Gasteiger partial charge in [-0.3, -0.25) is 0 Å². The molecule has 0 unspecified atom stereocenters. The fourth-order valence-corrected chi connectivity index (χ4v) is 2.61.